The van der Waals surface area contributed by atoms with Crippen molar-refractivity contribution in [2.75, 3.05) is 0 Å². The molecule has 1 heterocycles. The first-order valence-corrected chi connectivity index (χ1v) is 4.98. The van der Waals surface area contributed by atoms with Crippen molar-refractivity contribution in [1.82, 2.24) is 4.98 Å². The molecule has 0 atom stereocenters. The van der Waals surface area contributed by atoms with Gasteiger partial charge >= 0.3 is 0 Å². The van der Waals surface area contributed by atoms with Gasteiger partial charge in [-0.1, -0.05) is 38.5 Å². The summed E-state index contributed by atoms with van der Waals surface area (Å²) < 4.78 is 0. The van der Waals surface area contributed by atoms with Crippen molar-refractivity contribution in [3.63, 3.8) is 0 Å². The lowest BCUT2D eigenvalue weighted by Crippen LogP contribution is -1.87. The number of allylic oxidation sites excluding steroid dienone is 1. The maximum atomic E-state index is 4.37. The average molecular weight is 175 g/mol. The highest BCUT2D eigenvalue weighted by atomic mass is 14.7. The lowest BCUT2D eigenvalue weighted by atomic mass is 10.2. The molecule has 0 radical (unpaired) electrons. The molecule has 13 heavy (non-hydrogen) atoms. The molecule has 0 amide bonds. The summed E-state index contributed by atoms with van der Waals surface area (Å²) in [6.07, 6.45) is 9.53. The third kappa shape index (κ3) is 3.41. The van der Waals surface area contributed by atoms with Crippen LogP contribution in [0.2, 0.25) is 0 Å². The van der Waals surface area contributed by atoms with Crippen molar-refractivity contribution in [2.24, 2.45) is 0 Å². The van der Waals surface area contributed by atoms with E-state index in [2.05, 4.69) is 43.1 Å². The lowest BCUT2D eigenvalue weighted by molar-refractivity contribution is 0.882. The maximum Gasteiger partial charge on any atom is 0.0403 e. The lowest BCUT2D eigenvalue weighted by Gasteiger charge is -1.97. The van der Waals surface area contributed by atoms with Gasteiger partial charge in [-0.15, -0.1) is 0 Å². The fourth-order valence-electron chi connectivity index (χ4n) is 1.19. The Morgan fingerprint density at radius 3 is 2.69 bits per heavy atom. The first-order valence-electron chi connectivity index (χ1n) is 4.98. The summed E-state index contributed by atoms with van der Waals surface area (Å²) in [6, 6.07) is 4.24. The summed E-state index contributed by atoms with van der Waals surface area (Å²) in [5.41, 5.74) is 2.39. The number of pyridine rings is 1. The third-order valence-electron chi connectivity index (χ3n) is 1.90. The molecule has 0 aromatic carbocycles. The molecule has 0 saturated heterocycles. The van der Waals surface area contributed by atoms with Crippen LogP contribution in [0.4, 0.5) is 0 Å². The van der Waals surface area contributed by atoms with Crippen LogP contribution in [0.3, 0.4) is 0 Å². The fraction of sp³-hybridized carbons (Fsp3) is 0.417. The summed E-state index contributed by atoms with van der Waals surface area (Å²) in [6.45, 7) is 4.31. The zero-order valence-corrected chi connectivity index (χ0v) is 8.46. The smallest absolute Gasteiger partial charge is 0.0403 e. The Morgan fingerprint density at radius 1 is 1.31 bits per heavy atom. The van der Waals surface area contributed by atoms with Gasteiger partial charge in [0.25, 0.3) is 0 Å². The van der Waals surface area contributed by atoms with E-state index in [1.54, 1.807) is 0 Å². The number of hydrogen-bond acceptors (Lipinski definition) is 1. The molecule has 70 valence electrons. The topological polar surface area (TPSA) is 12.9 Å². The highest BCUT2D eigenvalue weighted by Crippen LogP contribution is 2.04. The molecular weight excluding hydrogens is 158 g/mol. The summed E-state index contributed by atoms with van der Waals surface area (Å²) in [5.74, 6) is 0. The Balaban J connectivity index is 2.64. The first kappa shape index (κ1) is 9.97. The monoisotopic (exact) mass is 175 g/mol. The van der Waals surface area contributed by atoms with E-state index >= 15 is 0 Å². The third-order valence-corrected chi connectivity index (χ3v) is 1.90. The average Bonchev–Trinajstić information content (AvgIpc) is 2.17. The second-order valence-corrected chi connectivity index (χ2v) is 3.14. The highest BCUT2D eigenvalue weighted by Gasteiger charge is 1.91. The molecular formula is C12H17N. The maximum absolute atomic E-state index is 4.37. The normalized spacial score (nSPS) is 10.9. The Morgan fingerprint density at radius 2 is 2.15 bits per heavy atom. The molecule has 0 aliphatic carbocycles. The highest BCUT2D eigenvalue weighted by molar-refractivity contribution is 5.47. The molecule has 0 saturated carbocycles. The van der Waals surface area contributed by atoms with Gasteiger partial charge in [-0.2, -0.15) is 0 Å². The van der Waals surface area contributed by atoms with Crippen LogP contribution in [-0.2, 0) is 6.42 Å². The molecule has 0 N–H and O–H groups in total. The van der Waals surface area contributed by atoms with Gasteiger partial charge in [0, 0.05) is 11.9 Å². The summed E-state index contributed by atoms with van der Waals surface area (Å²) >= 11 is 0. The Hall–Kier alpha value is -1.11. The van der Waals surface area contributed by atoms with Gasteiger partial charge in [0.1, 0.15) is 0 Å². The van der Waals surface area contributed by atoms with Gasteiger partial charge in [0.05, 0.1) is 0 Å². The van der Waals surface area contributed by atoms with Gasteiger partial charge in [-0.25, -0.2) is 0 Å². The molecule has 1 aromatic rings. The minimum absolute atomic E-state index is 1.08. The van der Waals surface area contributed by atoms with Gasteiger partial charge in [-0.05, 0) is 24.5 Å². The van der Waals surface area contributed by atoms with Gasteiger partial charge < -0.3 is 0 Å². The molecule has 0 fully saturated rings. The molecule has 0 spiro atoms. The molecule has 0 unspecified atom stereocenters. The predicted molar refractivity (Wildman–Crippen MR) is 57.6 cm³/mol. The van der Waals surface area contributed by atoms with Crippen LogP contribution in [0, 0.1) is 0 Å². The first-order chi connectivity index (χ1) is 6.36. The van der Waals surface area contributed by atoms with E-state index in [0.29, 0.717) is 0 Å². The Kier molecular flexibility index (Phi) is 4.24. The van der Waals surface area contributed by atoms with E-state index in [-0.39, 0.29) is 0 Å². The van der Waals surface area contributed by atoms with Crippen molar-refractivity contribution in [3.05, 3.63) is 35.7 Å². The number of aromatic nitrogens is 1. The van der Waals surface area contributed by atoms with Gasteiger partial charge in [-0.3, -0.25) is 4.98 Å². The molecule has 0 aliphatic heterocycles. The van der Waals surface area contributed by atoms with Crippen LogP contribution in [0.15, 0.2) is 24.4 Å². The van der Waals surface area contributed by atoms with Crippen molar-refractivity contribution < 1.29 is 0 Å². The van der Waals surface area contributed by atoms with Crippen LogP contribution >= 0.6 is 0 Å². The molecule has 0 aliphatic rings. The fourth-order valence-corrected chi connectivity index (χ4v) is 1.19. The zero-order chi connectivity index (χ0) is 9.52. The van der Waals surface area contributed by atoms with E-state index < -0.39 is 0 Å². The molecule has 1 aromatic heterocycles. The van der Waals surface area contributed by atoms with Crippen molar-refractivity contribution in [3.8, 4) is 0 Å². The minimum Gasteiger partial charge on any atom is -0.261 e. The Labute approximate surface area is 80.5 Å². The van der Waals surface area contributed by atoms with Crippen LogP contribution in [0.5, 0.6) is 0 Å². The zero-order valence-electron chi connectivity index (χ0n) is 8.46. The summed E-state index contributed by atoms with van der Waals surface area (Å²) in [4.78, 5) is 4.37. The second kappa shape index (κ2) is 5.52. The van der Waals surface area contributed by atoms with E-state index in [0.717, 1.165) is 19.3 Å². The van der Waals surface area contributed by atoms with Crippen LogP contribution < -0.4 is 0 Å². The predicted octanol–water partition coefficient (Wildman–Crippen LogP) is 3.46. The quantitative estimate of drug-likeness (QED) is 0.683. The van der Waals surface area contributed by atoms with E-state index in [9.17, 15) is 0 Å². The van der Waals surface area contributed by atoms with Gasteiger partial charge in [0.2, 0.25) is 0 Å². The van der Waals surface area contributed by atoms with Crippen LogP contribution in [-0.4, -0.2) is 4.98 Å². The molecule has 1 heteroatoms. The van der Waals surface area contributed by atoms with Crippen molar-refractivity contribution >= 4 is 6.08 Å². The molecule has 1 rings (SSSR count). The summed E-state index contributed by atoms with van der Waals surface area (Å²) in [7, 11) is 0. The van der Waals surface area contributed by atoms with E-state index in [4.69, 9.17) is 0 Å². The standard InChI is InChI=1S/C12H17N/c1-3-5-7-11-8-9-12(6-4-2)13-10-11/h5,7-10H,3-4,6H2,1-2H3/b7-5+. The largest absolute Gasteiger partial charge is 0.261 e. The van der Waals surface area contributed by atoms with E-state index in [1.807, 2.05) is 6.20 Å². The van der Waals surface area contributed by atoms with Crippen molar-refractivity contribution in [1.29, 1.82) is 0 Å². The number of rotatable bonds is 4. The van der Waals surface area contributed by atoms with Crippen LogP contribution in [0.25, 0.3) is 6.08 Å². The minimum atomic E-state index is 1.08. The van der Waals surface area contributed by atoms with Crippen molar-refractivity contribution in [2.45, 2.75) is 33.1 Å². The number of hydrogen-bond donors (Lipinski definition) is 0. The van der Waals surface area contributed by atoms with E-state index in [1.165, 1.54) is 11.3 Å². The number of aryl methyl sites for hydroxylation is 1. The van der Waals surface area contributed by atoms with Gasteiger partial charge in [0.15, 0.2) is 0 Å². The summed E-state index contributed by atoms with van der Waals surface area (Å²) in [5, 5.41) is 0. The molecule has 0 bridgehead atoms. The van der Waals surface area contributed by atoms with Crippen LogP contribution in [0.1, 0.15) is 37.9 Å². The number of nitrogens with zero attached hydrogens (tertiary/aromatic N) is 1. The molecule has 1 nitrogen and oxygen atoms in total. The Bertz CT molecular complexity index is 259. The second-order valence-electron chi connectivity index (χ2n) is 3.14. The SMILES string of the molecule is CC/C=C/c1ccc(CCC)nc1.